The van der Waals surface area contributed by atoms with E-state index < -0.39 is 0 Å². The van der Waals surface area contributed by atoms with E-state index in [9.17, 15) is 0 Å². The molecule has 0 radical (unpaired) electrons. The molecule has 0 amide bonds. The van der Waals surface area contributed by atoms with E-state index in [1.807, 2.05) is 6.07 Å². The first kappa shape index (κ1) is 18.0. The van der Waals surface area contributed by atoms with E-state index in [2.05, 4.69) is 51.6 Å². The van der Waals surface area contributed by atoms with E-state index in [0.29, 0.717) is 5.88 Å². The fraction of sp³-hybridized carbons (Fsp3) is 0.409. The van der Waals surface area contributed by atoms with Gasteiger partial charge in [-0.05, 0) is 36.1 Å². The number of benzene rings is 1. The number of hydrogen-bond acceptors (Lipinski definition) is 5. The summed E-state index contributed by atoms with van der Waals surface area (Å²) in [5.74, 6) is 0.676. The highest BCUT2D eigenvalue weighted by molar-refractivity contribution is 5.72. The summed E-state index contributed by atoms with van der Waals surface area (Å²) in [5.41, 5.74) is 5.01. The van der Waals surface area contributed by atoms with Crippen molar-refractivity contribution in [1.29, 1.82) is 0 Å². The Morgan fingerprint density at radius 1 is 1.22 bits per heavy atom. The summed E-state index contributed by atoms with van der Waals surface area (Å²) >= 11 is 0. The molecule has 27 heavy (non-hydrogen) atoms. The molecule has 1 N–H and O–H groups in total. The Morgan fingerprint density at radius 2 is 2.07 bits per heavy atom. The third-order valence-electron chi connectivity index (χ3n) is 5.07. The third kappa shape index (κ3) is 4.67. The van der Waals surface area contributed by atoms with Crippen molar-refractivity contribution in [3.05, 3.63) is 65.4 Å². The molecule has 1 aliphatic heterocycles. The van der Waals surface area contributed by atoms with Crippen molar-refractivity contribution in [2.45, 2.75) is 25.5 Å². The van der Waals surface area contributed by atoms with Crippen LogP contribution in [0, 0.1) is 0 Å². The summed E-state index contributed by atoms with van der Waals surface area (Å²) in [5, 5.41) is 3.63. The summed E-state index contributed by atoms with van der Waals surface area (Å²) in [7, 11) is 1.67. The average Bonchev–Trinajstić information content (AvgIpc) is 3.55. The fourth-order valence-corrected chi connectivity index (χ4v) is 3.57. The summed E-state index contributed by atoms with van der Waals surface area (Å²) in [6.07, 6.45) is 4.24. The van der Waals surface area contributed by atoms with Crippen LogP contribution >= 0.6 is 0 Å². The molecular weight excluding hydrogens is 338 g/mol. The third-order valence-corrected chi connectivity index (χ3v) is 5.07. The van der Waals surface area contributed by atoms with Gasteiger partial charge >= 0.3 is 0 Å². The first-order chi connectivity index (χ1) is 13.3. The number of ether oxygens (including phenoxy) is 2. The van der Waals surface area contributed by atoms with Gasteiger partial charge < -0.3 is 14.8 Å². The Bertz CT molecular complexity index is 785. The van der Waals surface area contributed by atoms with E-state index in [-0.39, 0.29) is 6.10 Å². The predicted molar refractivity (Wildman–Crippen MR) is 106 cm³/mol. The molecule has 1 aromatic carbocycles. The minimum absolute atomic E-state index is 0.180. The van der Waals surface area contributed by atoms with Crippen LogP contribution in [0.1, 0.15) is 24.0 Å². The van der Waals surface area contributed by atoms with Crippen molar-refractivity contribution in [1.82, 2.24) is 15.2 Å². The summed E-state index contributed by atoms with van der Waals surface area (Å²) < 4.78 is 11.5. The number of nitrogens with zero attached hydrogens (tertiary/aromatic N) is 2. The monoisotopic (exact) mass is 365 g/mol. The van der Waals surface area contributed by atoms with Gasteiger partial charge in [0.05, 0.1) is 25.4 Å². The summed E-state index contributed by atoms with van der Waals surface area (Å²) in [6.45, 7) is 4.47. The number of aromatic nitrogens is 1. The molecule has 1 aliphatic carbocycles. The van der Waals surface area contributed by atoms with Gasteiger partial charge in [-0.1, -0.05) is 30.3 Å². The van der Waals surface area contributed by atoms with Crippen LogP contribution in [0.5, 0.6) is 5.88 Å². The highest BCUT2D eigenvalue weighted by Crippen LogP contribution is 2.37. The molecule has 5 heteroatoms. The Hall–Kier alpha value is -2.37. The van der Waals surface area contributed by atoms with Gasteiger partial charge in [0.2, 0.25) is 5.88 Å². The molecule has 5 nitrogen and oxygen atoms in total. The van der Waals surface area contributed by atoms with Gasteiger partial charge in [0.25, 0.3) is 0 Å². The van der Waals surface area contributed by atoms with Crippen molar-refractivity contribution in [3.8, 4) is 5.88 Å². The van der Waals surface area contributed by atoms with Crippen LogP contribution in [0.4, 0.5) is 0 Å². The van der Waals surface area contributed by atoms with Crippen LogP contribution in [0.2, 0.25) is 0 Å². The quantitative estimate of drug-likeness (QED) is 0.817. The van der Waals surface area contributed by atoms with E-state index in [4.69, 9.17) is 9.47 Å². The maximum atomic E-state index is 6.02. The van der Waals surface area contributed by atoms with Gasteiger partial charge in [-0.15, -0.1) is 0 Å². The minimum atomic E-state index is 0.180. The number of morpholine rings is 1. The highest BCUT2D eigenvalue weighted by atomic mass is 16.5. The molecular formula is C22H27N3O2. The normalized spacial score (nSPS) is 19.6. The molecule has 2 heterocycles. The SMILES string of the molecule is COc1ncccc1C(NCC1CN(Cc2ccccc2)CCO1)=C1CC1. The van der Waals surface area contributed by atoms with Crippen molar-refractivity contribution < 1.29 is 9.47 Å². The summed E-state index contributed by atoms with van der Waals surface area (Å²) in [6, 6.07) is 14.7. The predicted octanol–water partition coefficient (Wildman–Crippen LogP) is 3.09. The van der Waals surface area contributed by atoms with Crippen LogP contribution in [-0.2, 0) is 11.3 Å². The first-order valence-corrected chi connectivity index (χ1v) is 9.66. The average molecular weight is 365 g/mol. The van der Waals surface area contributed by atoms with Crippen molar-refractivity contribution in [3.63, 3.8) is 0 Å². The number of allylic oxidation sites excluding steroid dienone is 1. The number of rotatable bonds is 7. The van der Waals surface area contributed by atoms with Crippen LogP contribution in [0.25, 0.3) is 5.70 Å². The molecule has 0 spiro atoms. The number of hydrogen-bond donors (Lipinski definition) is 1. The number of nitrogens with one attached hydrogen (secondary N) is 1. The van der Waals surface area contributed by atoms with E-state index in [0.717, 1.165) is 51.2 Å². The smallest absolute Gasteiger partial charge is 0.222 e. The lowest BCUT2D eigenvalue weighted by molar-refractivity contribution is -0.0283. The molecule has 2 aliphatic rings. The van der Waals surface area contributed by atoms with Gasteiger partial charge in [0.1, 0.15) is 0 Å². The van der Waals surface area contributed by atoms with Crippen LogP contribution in [-0.4, -0.2) is 49.3 Å². The molecule has 1 aromatic heterocycles. The van der Waals surface area contributed by atoms with Gasteiger partial charge in [0.15, 0.2) is 0 Å². The Labute approximate surface area is 161 Å². The Balaban J connectivity index is 1.38. The second kappa shape index (κ2) is 8.55. The standard InChI is InChI=1S/C22H27N3O2/c1-26-22-20(8-5-11-23-22)21(18-9-10-18)24-14-19-16-25(12-13-27-19)15-17-6-3-2-4-7-17/h2-8,11,19,24H,9-10,12-16H2,1H3. The van der Waals surface area contributed by atoms with E-state index in [1.165, 1.54) is 16.8 Å². The number of pyridine rings is 1. The maximum Gasteiger partial charge on any atom is 0.222 e. The highest BCUT2D eigenvalue weighted by Gasteiger charge is 2.25. The van der Waals surface area contributed by atoms with Crippen molar-refractivity contribution in [2.75, 3.05) is 33.4 Å². The molecule has 2 aromatic rings. The van der Waals surface area contributed by atoms with Crippen LogP contribution in [0.3, 0.4) is 0 Å². The molecule has 142 valence electrons. The fourth-order valence-electron chi connectivity index (χ4n) is 3.57. The second-order valence-corrected chi connectivity index (χ2v) is 7.13. The van der Waals surface area contributed by atoms with Crippen LogP contribution in [0.15, 0.2) is 54.2 Å². The zero-order valence-corrected chi connectivity index (χ0v) is 15.9. The van der Waals surface area contributed by atoms with E-state index >= 15 is 0 Å². The van der Waals surface area contributed by atoms with Crippen molar-refractivity contribution >= 4 is 5.70 Å². The lowest BCUT2D eigenvalue weighted by Crippen LogP contribution is -2.46. The Morgan fingerprint density at radius 3 is 2.85 bits per heavy atom. The minimum Gasteiger partial charge on any atom is -0.481 e. The molecule has 1 saturated carbocycles. The zero-order valence-electron chi connectivity index (χ0n) is 15.9. The first-order valence-electron chi connectivity index (χ1n) is 9.66. The van der Waals surface area contributed by atoms with E-state index in [1.54, 1.807) is 13.3 Å². The largest absolute Gasteiger partial charge is 0.481 e. The molecule has 1 atom stereocenters. The van der Waals surface area contributed by atoms with Gasteiger partial charge in [-0.3, -0.25) is 4.90 Å². The van der Waals surface area contributed by atoms with Gasteiger partial charge in [-0.25, -0.2) is 4.98 Å². The number of methoxy groups -OCH3 is 1. The van der Waals surface area contributed by atoms with Gasteiger partial charge in [0, 0.05) is 38.1 Å². The lowest BCUT2D eigenvalue weighted by Gasteiger charge is -2.33. The second-order valence-electron chi connectivity index (χ2n) is 7.13. The maximum absolute atomic E-state index is 6.02. The molecule has 2 fully saturated rings. The van der Waals surface area contributed by atoms with Gasteiger partial charge in [-0.2, -0.15) is 0 Å². The van der Waals surface area contributed by atoms with Crippen molar-refractivity contribution in [2.24, 2.45) is 0 Å². The molecule has 1 unspecified atom stereocenters. The lowest BCUT2D eigenvalue weighted by atomic mass is 10.1. The Kier molecular flexibility index (Phi) is 5.70. The van der Waals surface area contributed by atoms with Crippen LogP contribution < -0.4 is 10.1 Å². The topological polar surface area (TPSA) is 46.6 Å². The zero-order chi connectivity index (χ0) is 18.5. The molecule has 1 saturated heterocycles. The summed E-state index contributed by atoms with van der Waals surface area (Å²) in [4.78, 5) is 6.82. The molecule has 4 rings (SSSR count). The molecule has 0 bridgehead atoms.